The van der Waals surface area contributed by atoms with Crippen LogP contribution in [0.3, 0.4) is 0 Å². The Hall–Kier alpha value is -3.04. The van der Waals surface area contributed by atoms with Crippen LogP contribution in [0.1, 0.15) is 74.2 Å². The van der Waals surface area contributed by atoms with E-state index in [1.54, 1.807) is 0 Å². The van der Waals surface area contributed by atoms with Crippen LogP contribution in [0.2, 0.25) is 0 Å². The predicted octanol–water partition coefficient (Wildman–Crippen LogP) is 7.31. The molecule has 0 spiro atoms. The Bertz CT molecular complexity index is 1560. The van der Waals surface area contributed by atoms with Crippen LogP contribution >= 0.6 is 0 Å². The molecular formula is C33H37N5Pt. The van der Waals surface area contributed by atoms with Gasteiger partial charge in [0, 0.05) is 29.2 Å². The molecule has 0 aliphatic heterocycles. The van der Waals surface area contributed by atoms with E-state index < -0.39 is 0 Å². The van der Waals surface area contributed by atoms with Gasteiger partial charge in [0.2, 0.25) is 0 Å². The first kappa shape index (κ1) is 29.0. The number of aryl methyl sites for hydroxylation is 2. The van der Waals surface area contributed by atoms with E-state index >= 15 is 0 Å². The molecule has 0 saturated carbocycles. The molecule has 0 saturated heterocycles. The van der Waals surface area contributed by atoms with E-state index in [1.807, 2.05) is 12.4 Å². The molecule has 0 amide bonds. The summed E-state index contributed by atoms with van der Waals surface area (Å²) in [6, 6.07) is 14.7. The molecule has 5 aromatic rings. The summed E-state index contributed by atoms with van der Waals surface area (Å²) in [5, 5.41) is 11.2. The van der Waals surface area contributed by atoms with Gasteiger partial charge in [0.1, 0.15) is 0 Å². The maximum atomic E-state index is 5.11. The molecule has 4 aromatic heterocycles. The molecule has 0 fully saturated rings. The molecule has 0 unspecified atom stereocenters. The molecule has 1 aliphatic carbocycles. The Balaban J connectivity index is 0.000000273. The topological polar surface area (TPSA) is 66.9 Å². The van der Waals surface area contributed by atoms with Crippen molar-refractivity contribution in [1.29, 1.82) is 0 Å². The van der Waals surface area contributed by atoms with Gasteiger partial charge in [0.25, 0.3) is 0 Å². The SMILES string of the molecule is CC(C)(C)c1ccncc1.CCc1n[n-]c(-c2nc(-c3[n-]c(C)c4c3CCCC4)cc3ccccc23)c1C.[Pt+2]. The number of rotatable bonds is 3. The summed E-state index contributed by atoms with van der Waals surface area (Å²) < 4.78 is 0. The van der Waals surface area contributed by atoms with Crippen LogP contribution in [0.15, 0.2) is 54.9 Å². The summed E-state index contributed by atoms with van der Waals surface area (Å²) >= 11 is 0. The Morgan fingerprint density at radius 1 is 0.897 bits per heavy atom. The van der Waals surface area contributed by atoms with Gasteiger partial charge in [-0.15, -0.1) is 5.69 Å². The number of benzene rings is 1. The standard InChI is InChI=1S/C24H24N4.C9H13N.Pt/c1-4-20-14(2)22(28-27-20)24-18-11-6-5-9-16(18)13-21(26-24)23-19-12-8-7-10-17(19)15(3)25-23;1-9(2,3)8-4-6-10-7-5-8;/h5-6,9,11,13H,4,7-8,10,12H2,1-3H3;4-7H,1-3H3;/q-2;;+2. The predicted molar refractivity (Wildman–Crippen MR) is 155 cm³/mol. The molecule has 0 N–H and O–H groups in total. The summed E-state index contributed by atoms with van der Waals surface area (Å²) in [5.41, 5.74) is 11.6. The van der Waals surface area contributed by atoms with Gasteiger partial charge >= 0.3 is 21.1 Å². The van der Waals surface area contributed by atoms with Crippen molar-refractivity contribution in [1.82, 2.24) is 25.1 Å². The molecule has 1 aliphatic rings. The molecule has 204 valence electrons. The third-order valence-electron chi connectivity index (χ3n) is 7.62. The van der Waals surface area contributed by atoms with Gasteiger partial charge in [-0.05, 0) is 79.2 Å². The van der Waals surface area contributed by atoms with Crippen LogP contribution in [-0.2, 0) is 45.7 Å². The zero-order chi connectivity index (χ0) is 26.9. The van der Waals surface area contributed by atoms with Crippen molar-refractivity contribution >= 4 is 10.8 Å². The van der Waals surface area contributed by atoms with Crippen molar-refractivity contribution in [3.05, 3.63) is 88.5 Å². The van der Waals surface area contributed by atoms with E-state index in [2.05, 4.69) is 99.2 Å². The zero-order valence-corrected chi connectivity index (χ0v) is 26.1. The van der Waals surface area contributed by atoms with Crippen molar-refractivity contribution in [2.75, 3.05) is 0 Å². The molecule has 5 nitrogen and oxygen atoms in total. The summed E-state index contributed by atoms with van der Waals surface area (Å²) in [4.78, 5) is 14.0. The first-order chi connectivity index (χ1) is 18.3. The molecular weight excluding hydrogens is 661 g/mol. The van der Waals surface area contributed by atoms with Gasteiger partial charge in [-0.3, -0.25) is 9.97 Å². The number of nitrogens with zero attached hydrogens (tertiary/aromatic N) is 5. The van der Waals surface area contributed by atoms with Crippen LogP contribution in [0.5, 0.6) is 0 Å². The van der Waals surface area contributed by atoms with E-state index in [1.165, 1.54) is 40.6 Å². The van der Waals surface area contributed by atoms with Gasteiger partial charge in [-0.25, -0.2) is 0 Å². The quantitative estimate of drug-likeness (QED) is 0.198. The van der Waals surface area contributed by atoms with Crippen LogP contribution in [0.25, 0.3) is 33.5 Å². The van der Waals surface area contributed by atoms with E-state index in [0.717, 1.165) is 58.7 Å². The van der Waals surface area contributed by atoms with E-state index in [9.17, 15) is 0 Å². The third kappa shape index (κ3) is 5.94. The molecule has 39 heavy (non-hydrogen) atoms. The normalized spacial score (nSPS) is 12.9. The van der Waals surface area contributed by atoms with Crippen LogP contribution in [-0.4, -0.2) is 15.1 Å². The van der Waals surface area contributed by atoms with Crippen molar-refractivity contribution in [3.8, 4) is 22.8 Å². The molecule has 0 atom stereocenters. The molecule has 0 bridgehead atoms. The summed E-state index contributed by atoms with van der Waals surface area (Å²) in [6.07, 6.45) is 9.29. The third-order valence-corrected chi connectivity index (χ3v) is 7.62. The minimum Gasteiger partial charge on any atom is -0.659 e. The smallest absolute Gasteiger partial charge is 0.659 e. The van der Waals surface area contributed by atoms with E-state index in [4.69, 9.17) is 9.97 Å². The second-order valence-corrected chi connectivity index (χ2v) is 11.2. The second kappa shape index (κ2) is 12.0. The molecule has 1 aromatic carbocycles. The summed E-state index contributed by atoms with van der Waals surface area (Å²) in [7, 11) is 0. The molecule has 4 heterocycles. The fourth-order valence-electron chi connectivity index (χ4n) is 5.39. The fraction of sp³-hybridized carbons (Fsp3) is 0.364. The van der Waals surface area contributed by atoms with Gasteiger partial charge < -0.3 is 15.2 Å². The van der Waals surface area contributed by atoms with Crippen molar-refractivity contribution in [2.45, 2.75) is 79.1 Å². The van der Waals surface area contributed by atoms with Crippen LogP contribution in [0.4, 0.5) is 0 Å². The average Bonchev–Trinajstić information content (AvgIpc) is 3.47. The number of fused-ring (bicyclic) bond motifs is 2. The van der Waals surface area contributed by atoms with Gasteiger partial charge in [-0.2, -0.15) is 5.69 Å². The van der Waals surface area contributed by atoms with Gasteiger partial charge in [-0.1, -0.05) is 75.7 Å². The summed E-state index contributed by atoms with van der Waals surface area (Å²) in [6.45, 7) is 12.9. The Morgan fingerprint density at radius 3 is 2.23 bits per heavy atom. The fourth-order valence-corrected chi connectivity index (χ4v) is 5.39. The minimum absolute atomic E-state index is 0. The number of hydrogen-bond donors (Lipinski definition) is 0. The Kier molecular flexibility index (Phi) is 8.91. The molecule has 0 radical (unpaired) electrons. The van der Waals surface area contributed by atoms with E-state index in [0.29, 0.717) is 0 Å². The first-order valence-corrected chi connectivity index (χ1v) is 13.7. The summed E-state index contributed by atoms with van der Waals surface area (Å²) in [5.74, 6) is 0. The average molecular weight is 699 g/mol. The van der Waals surface area contributed by atoms with E-state index in [-0.39, 0.29) is 26.5 Å². The van der Waals surface area contributed by atoms with Crippen LogP contribution < -0.4 is 10.1 Å². The Labute approximate surface area is 246 Å². The zero-order valence-electron chi connectivity index (χ0n) is 23.8. The van der Waals surface area contributed by atoms with Crippen molar-refractivity contribution < 1.29 is 21.1 Å². The molecule has 6 heteroatoms. The van der Waals surface area contributed by atoms with Crippen molar-refractivity contribution in [3.63, 3.8) is 0 Å². The maximum absolute atomic E-state index is 5.11. The van der Waals surface area contributed by atoms with Crippen LogP contribution in [0, 0.1) is 13.8 Å². The molecule has 6 rings (SSSR count). The minimum atomic E-state index is 0. The number of hydrogen-bond acceptors (Lipinski definition) is 3. The van der Waals surface area contributed by atoms with Crippen molar-refractivity contribution in [2.24, 2.45) is 0 Å². The van der Waals surface area contributed by atoms with Gasteiger partial charge in [0.15, 0.2) is 0 Å². The Morgan fingerprint density at radius 2 is 1.59 bits per heavy atom. The first-order valence-electron chi connectivity index (χ1n) is 13.7. The number of aromatic nitrogens is 5. The monoisotopic (exact) mass is 698 g/mol. The number of pyridine rings is 2. The largest absolute Gasteiger partial charge is 2.00 e. The maximum Gasteiger partial charge on any atom is 2.00 e. The second-order valence-electron chi connectivity index (χ2n) is 11.2. The van der Waals surface area contributed by atoms with Gasteiger partial charge in [0.05, 0.1) is 5.69 Å².